The highest BCUT2D eigenvalue weighted by atomic mass is 16.2. The van der Waals surface area contributed by atoms with Gasteiger partial charge in [0.05, 0.1) is 5.92 Å². The summed E-state index contributed by atoms with van der Waals surface area (Å²) in [4.78, 5) is 26.8. The predicted molar refractivity (Wildman–Crippen MR) is 91.2 cm³/mol. The topological polar surface area (TPSA) is 49.4 Å². The second-order valence-electron chi connectivity index (χ2n) is 7.05. The average Bonchev–Trinajstić information content (AvgIpc) is 2.93. The van der Waals surface area contributed by atoms with Crippen LogP contribution in [0.4, 0.5) is 5.69 Å². The van der Waals surface area contributed by atoms with E-state index in [4.69, 9.17) is 0 Å². The van der Waals surface area contributed by atoms with E-state index in [-0.39, 0.29) is 17.7 Å². The van der Waals surface area contributed by atoms with Crippen molar-refractivity contribution in [2.45, 2.75) is 58.4 Å². The molecular formula is C19H26N2O2. The molecule has 124 valence electrons. The summed E-state index contributed by atoms with van der Waals surface area (Å²) in [6.45, 7) is 4.62. The lowest BCUT2D eigenvalue weighted by Crippen LogP contribution is -2.38. The van der Waals surface area contributed by atoms with Crippen LogP contribution in [0.2, 0.25) is 0 Å². The molecule has 1 heterocycles. The van der Waals surface area contributed by atoms with Gasteiger partial charge in [-0.1, -0.05) is 37.0 Å². The van der Waals surface area contributed by atoms with Crippen LogP contribution >= 0.6 is 0 Å². The van der Waals surface area contributed by atoms with Gasteiger partial charge in [0.15, 0.2) is 0 Å². The number of aryl methyl sites for hydroxylation is 2. The summed E-state index contributed by atoms with van der Waals surface area (Å²) in [5.74, 6) is -0.0913. The number of nitrogens with one attached hydrogen (secondary N) is 1. The van der Waals surface area contributed by atoms with Gasteiger partial charge in [-0.15, -0.1) is 0 Å². The largest absolute Gasteiger partial charge is 0.339 e. The van der Waals surface area contributed by atoms with E-state index in [0.717, 1.165) is 24.1 Å². The molecule has 1 saturated heterocycles. The van der Waals surface area contributed by atoms with E-state index in [2.05, 4.69) is 11.4 Å². The highest BCUT2D eigenvalue weighted by Gasteiger charge is 2.38. The molecule has 23 heavy (non-hydrogen) atoms. The van der Waals surface area contributed by atoms with Gasteiger partial charge >= 0.3 is 0 Å². The third-order valence-electron chi connectivity index (χ3n) is 5.18. The fraction of sp³-hybridized carbons (Fsp3) is 0.579. The van der Waals surface area contributed by atoms with Crippen molar-refractivity contribution in [2.24, 2.45) is 5.92 Å². The summed E-state index contributed by atoms with van der Waals surface area (Å²) in [5, 5.41) is 3.01. The Kier molecular flexibility index (Phi) is 4.69. The monoisotopic (exact) mass is 314 g/mol. The van der Waals surface area contributed by atoms with Gasteiger partial charge in [-0.05, 0) is 38.3 Å². The first-order chi connectivity index (χ1) is 11.0. The van der Waals surface area contributed by atoms with E-state index in [1.165, 1.54) is 24.8 Å². The van der Waals surface area contributed by atoms with Crippen molar-refractivity contribution in [3.63, 3.8) is 0 Å². The first-order valence-corrected chi connectivity index (χ1v) is 8.72. The van der Waals surface area contributed by atoms with Crippen molar-refractivity contribution in [1.82, 2.24) is 4.90 Å². The maximum absolute atomic E-state index is 12.5. The summed E-state index contributed by atoms with van der Waals surface area (Å²) in [5.41, 5.74) is 3.09. The van der Waals surface area contributed by atoms with Crippen LogP contribution in [0.25, 0.3) is 0 Å². The van der Waals surface area contributed by atoms with Gasteiger partial charge in [0.1, 0.15) is 0 Å². The van der Waals surface area contributed by atoms with Crippen LogP contribution < -0.4 is 5.32 Å². The Balaban J connectivity index is 1.63. The molecule has 4 heteroatoms. The zero-order valence-corrected chi connectivity index (χ0v) is 14.1. The van der Waals surface area contributed by atoms with Gasteiger partial charge < -0.3 is 10.2 Å². The number of hydrogen-bond donors (Lipinski definition) is 1. The second kappa shape index (κ2) is 6.73. The van der Waals surface area contributed by atoms with Crippen LogP contribution in [0, 0.1) is 19.8 Å². The third-order valence-corrected chi connectivity index (χ3v) is 5.18. The Bertz CT molecular complexity index is 605. The number of likely N-dealkylation sites (tertiary alicyclic amines) is 1. The number of nitrogens with zero attached hydrogens (tertiary/aromatic N) is 1. The van der Waals surface area contributed by atoms with Gasteiger partial charge in [-0.2, -0.15) is 0 Å². The maximum Gasteiger partial charge on any atom is 0.229 e. The highest BCUT2D eigenvalue weighted by molar-refractivity contribution is 5.97. The SMILES string of the molecule is Cc1ccc(NC(=O)C2CC(=O)N(C3CCCCC3)C2)c(C)c1. The molecule has 1 unspecified atom stereocenters. The smallest absolute Gasteiger partial charge is 0.229 e. The molecule has 2 aliphatic rings. The summed E-state index contributed by atoms with van der Waals surface area (Å²) < 4.78 is 0. The number of rotatable bonds is 3. The number of benzene rings is 1. The summed E-state index contributed by atoms with van der Waals surface area (Å²) in [6.07, 6.45) is 6.22. The Hall–Kier alpha value is -1.84. The molecular weight excluding hydrogens is 288 g/mol. The number of anilines is 1. The molecule has 2 fully saturated rings. The van der Waals surface area contributed by atoms with Crippen LogP contribution in [0.5, 0.6) is 0 Å². The Morgan fingerprint density at radius 2 is 1.91 bits per heavy atom. The molecule has 4 nitrogen and oxygen atoms in total. The maximum atomic E-state index is 12.5. The summed E-state index contributed by atoms with van der Waals surface area (Å²) >= 11 is 0. The molecule has 0 spiro atoms. The zero-order valence-electron chi connectivity index (χ0n) is 14.1. The summed E-state index contributed by atoms with van der Waals surface area (Å²) in [7, 11) is 0. The lowest BCUT2D eigenvalue weighted by atomic mass is 9.94. The molecule has 1 saturated carbocycles. The molecule has 1 aliphatic heterocycles. The Labute approximate surface area is 138 Å². The fourth-order valence-electron chi connectivity index (χ4n) is 3.84. The van der Waals surface area contributed by atoms with Gasteiger partial charge in [0.25, 0.3) is 0 Å². The molecule has 1 atom stereocenters. The minimum Gasteiger partial charge on any atom is -0.339 e. The molecule has 1 N–H and O–H groups in total. The minimum atomic E-state index is -0.217. The molecule has 0 aromatic heterocycles. The highest BCUT2D eigenvalue weighted by Crippen LogP contribution is 2.29. The average molecular weight is 314 g/mol. The molecule has 0 radical (unpaired) electrons. The van der Waals surface area contributed by atoms with Crippen LogP contribution in [0.1, 0.15) is 49.7 Å². The molecule has 1 aliphatic carbocycles. The van der Waals surface area contributed by atoms with Crippen LogP contribution in [-0.2, 0) is 9.59 Å². The standard InChI is InChI=1S/C19H26N2O2/c1-13-8-9-17(14(2)10-13)20-19(23)15-11-18(22)21(12-15)16-6-4-3-5-7-16/h8-10,15-16H,3-7,11-12H2,1-2H3,(H,20,23). The van der Waals surface area contributed by atoms with Crippen molar-refractivity contribution in [3.05, 3.63) is 29.3 Å². The van der Waals surface area contributed by atoms with Crippen molar-refractivity contribution in [3.8, 4) is 0 Å². The molecule has 3 rings (SSSR count). The van der Waals surface area contributed by atoms with Gasteiger partial charge in [-0.3, -0.25) is 9.59 Å². The molecule has 1 aromatic rings. The molecule has 0 bridgehead atoms. The number of carbonyl (C=O) groups excluding carboxylic acids is 2. The van der Waals surface area contributed by atoms with E-state index in [1.807, 2.05) is 30.9 Å². The summed E-state index contributed by atoms with van der Waals surface area (Å²) in [6, 6.07) is 6.36. The van der Waals surface area contributed by atoms with Crippen molar-refractivity contribution in [1.29, 1.82) is 0 Å². The van der Waals surface area contributed by atoms with E-state index in [9.17, 15) is 9.59 Å². The van der Waals surface area contributed by atoms with Gasteiger partial charge in [0, 0.05) is 24.7 Å². The first-order valence-electron chi connectivity index (χ1n) is 8.72. The van der Waals surface area contributed by atoms with Gasteiger partial charge in [0.2, 0.25) is 11.8 Å². The van der Waals surface area contributed by atoms with Crippen LogP contribution in [0.15, 0.2) is 18.2 Å². The number of carbonyl (C=O) groups is 2. The van der Waals surface area contributed by atoms with E-state index in [1.54, 1.807) is 0 Å². The quantitative estimate of drug-likeness (QED) is 0.929. The fourth-order valence-corrected chi connectivity index (χ4v) is 3.84. The normalized spacial score (nSPS) is 22.4. The Morgan fingerprint density at radius 1 is 1.17 bits per heavy atom. The van der Waals surface area contributed by atoms with Gasteiger partial charge in [-0.25, -0.2) is 0 Å². The molecule has 2 amide bonds. The van der Waals surface area contributed by atoms with Crippen molar-refractivity contribution in [2.75, 3.05) is 11.9 Å². The van der Waals surface area contributed by atoms with Crippen molar-refractivity contribution < 1.29 is 9.59 Å². The third kappa shape index (κ3) is 3.57. The van der Waals surface area contributed by atoms with Crippen LogP contribution in [0.3, 0.4) is 0 Å². The minimum absolute atomic E-state index is 0.0244. The van der Waals surface area contributed by atoms with Crippen LogP contribution in [-0.4, -0.2) is 29.3 Å². The zero-order chi connectivity index (χ0) is 16.4. The Morgan fingerprint density at radius 3 is 2.61 bits per heavy atom. The van der Waals surface area contributed by atoms with E-state index >= 15 is 0 Å². The lowest BCUT2D eigenvalue weighted by Gasteiger charge is -2.31. The van der Waals surface area contributed by atoms with E-state index < -0.39 is 0 Å². The molecule has 1 aromatic carbocycles. The number of hydrogen-bond acceptors (Lipinski definition) is 2. The second-order valence-corrected chi connectivity index (χ2v) is 7.05. The lowest BCUT2D eigenvalue weighted by molar-refractivity contribution is -0.130. The number of amides is 2. The first kappa shape index (κ1) is 16.0. The predicted octanol–water partition coefficient (Wildman–Crippen LogP) is 3.42. The van der Waals surface area contributed by atoms with Crippen molar-refractivity contribution >= 4 is 17.5 Å². The van der Waals surface area contributed by atoms with E-state index in [0.29, 0.717) is 19.0 Å².